The van der Waals surface area contributed by atoms with Crippen LogP contribution in [-0.4, -0.2) is 41.8 Å². The highest BCUT2D eigenvalue weighted by Gasteiger charge is 2.39. The molecule has 0 spiro atoms. The molecule has 1 fully saturated rings. The molecule has 1 aliphatic heterocycles. The SMILES string of the molecule is CN1C(=O)C(Cc2ccccc2)N(C)C(=O)/C1=C\c1c(Br)ccc(F)c1F. The normalized spacial score (nSPS) is 19.1. The molecule has 1 heterocycles. The van der Waals surface area contributed by atoms with Crippen molar-refractivity contribution in [3.8, 4) is 0 Å². The van der Waals surface area contributed by atoms with Gasteiger partial charge in [0, 0.05) is 30.6 Å². The van der Waals surface area contributed by atoms with Crippen LogP contribution in [0.2, 0.25) is 0 Å². The van der Waals surface area contributed by atoms with E-state index in [9.17, 15) is 18.4 Å². The summed E-state index contributed by atoms with van der Waals surface area (Å²) in [5, 5.41) is 0. The van der Waals surface area contributed by atoms with Crippen LogP contribution in [-0.2, 0) is 16.0 Å². The smallest absolute Gasteiger partial charge is 0.271 e. The molecule has 0 saturated carbocycles. The molecular weight excluding hydrogens is 418 g/mol. The van der Waals surface area contributed by atoms with Crippen molar-refractivity contribution >= 4 is 33.8 Å². The Labute approximate surface area is 164 Å². The summed E-state index contributed by atoms with van der Waals surface area (Å²) in [7, 11) is 2.99. The minimum atomic E-state index is -1.08. The summed E-state index contributed by atoms with van der Waals surface area (Å²) in [5.41, 5.74) is 0.792. The average molecular weight is 435 g/mol. The van der Waals surface area contributed by atoms with Crippen LogP contribution < -0.4 is 0 Å². The Morgan fingerprint density at radius 1 is 1.07 bits per heavy atom. The molecular formula is C20H17BrF2N2O2. The Bertz CT molecular complexity index is 931. The van der Waals surface area contributed by atoms with E-state index in [0.29, 0.717) is 6.42 Å². The zero-order valence-corrected chi connectivity index (χ0v) is 16.3. The van der Waals surface area contributed by atoms with Gasteiger partial charge in [-0.05, 0) is 23.8 Å². The molecule has 2 aromatic rings. The third-order valence-electron chi connectivity index (χ3n) is 4.62. The van der Waals surface area contributed by atoms with Crippen molar-refractivity contribution < 1.29 is 18.4 Å². The number of nitrogens with zero attached hydrogens (tertiary/aromatic N) is 2. The van der Waals surface area contributed by atoms with Crippen LogP contribution in [0.25, 0.3) is 6.08 Å². The second-order valence-corrected chi connectivity index (χ2v) is 7.16. The highest BCUT2D eigenvalue weighted by Crippen LogP contribution is 2.28. The monoisotopic (exact) mass is 434 g/mol. The van der Waals surface area contributed by atoms with E-state index >= 15 is 0 Å². The number of carbonyl (C=O) groups excluding carboxylic acids is 2. The standard InChI is InChI=1S/C20H17BrF2N2O2/c1-24-16(10-12-6-4-3-5-7-12)19(26)25(2)17(20(24)27)11-13-14(21)8-9-15(22)18(13)23/h3-9,11,16H,10H2,1-2H3/b17-11+. The van der Waals surface area contributed by atoms with Crippen LogP contribution in [0.5, 0.6) is 0 Å². The molecule has 3 rings (SSSR count). The van der Waals surface area contributed by atoms with Crippen molar-refractivity contribution in [2.75, 3.05) is 14.1 Å². The lowest BCUT2D eigenvalue weighted by Gasteiger charge is -2.38. The number of benzene rings is 2. The van der Waals surface area contributed by atoms with Gasteiger partial charge < -0.3 is 9.80 Å². The van der Waals surface area contributed by atoms with Gasteiger partial charge >= 0.3 is 0 Å². The zero-order chi connectivity index (χ0) is 19.7. The van der Waals surface area contributed by atoms with Gasteiger partial charge in [-0.1, -0.05) is 46.3 Å². The van der Waals surface area contributed by atoms with Gasteiger partial charge in [0.05, 0.1) is 0 Å². The minimum absolute atomic E-state index is 0.0167. The maximum atomic E-state index is 14.2. The van der Waals surface area contributed by atoms with Crippen LogP contribution in [0.4, 0.5) is 8.78 Å². The van der Waals surface area contributed by atoms with E-state index in [1.165, 1.54) is 36.0 Å². The Kier molecular flexibility index (Phi) is 5.41. The molecule has 0 N–H and O–H groups in total. The number of hydrogen-bond acceptors (Lipinski definition) is 2. The zero-order valence-electron chi connectivity index (χ0n) is 14.7. The van der Waals surface area contributed by atoms with Gasteiger partial charge in [0.2, 0.25) is 5.91 Å². The molecule has 2 amide bonds. The second-order valence-electron chi connectivity index (χ2n) is 6.31. The van der Waals surface area contributed by atoms with E-state index in [0.717, 1.165) is 11.6 Å². The number of carbonyl (C=O) groups is 2. The highest BCUT2D eigenvalue weighted by molar-refractivity contribution is 9.10. The highest BCUT2D eigenvalue weighted by atomic mass is 79.9. The lowest BCUT2D eigenvalue weighted by molar-refractivity contribution is -0.148. The van der Waals surface area contributed by atoms with Crippen LogP contribution in [0.1, 0.15) is 11.1 Å². The Hall–Kier alpha value is -2.54. The quantitative estimate of drug-likeness (QED) is 0.546. The Morgan fingerprint density at radius 3 is 2.41 bits per heavy atom. The van der Waals surface area contributed by atoms with Crippen LogP contribution in [0, 0.1) is 11.6 Å². The third-order valence-corrected chi connectivity index (χ3v) is 5.31. The molecule has 1 unspecified atom stereocenters. The summed E-state index contributed by atoms with van der Waals surface area (Å²) in [5.74, 6) is -2.84. The second kappa shape index (κ2) is 7.60. The van der Waals surface area contributed by atoms with E-state index in [1.807, 2.05) is 30.3 Å². The van der Waals surface area contributed by atoms with Gasteiger partial charge in [-0.15, -0.1) is 0 Å². The van der Waals surface area contributed by atoms with Crippen molar-refractivity contribution in [1.82, 2.24) is 9.80 Å². The van der Waals surface area contributed by atoms with E-state index in [-0.39, 0.29) is 21.6 Å². The van der Waals surface area contributed by atoms with Crippen LogP contribution in [0.15, 0.2) is 52.6 Å². The molecule has 27 heavy (non-hydrogen) atoms. The number of likely N-dealkylation sites (N-methyl/N-ethyl adjacent to an activating group) is 2. The Balaban J connectivity index is 1.96. The number of hydrogen-bond donors (Lipinski definition) is 0. The van der Waals surface area contributed by atoms with Gasteiger partial charge in [-0.3, -0.25) is 9.59 Å². The van der Waals surface area contributed by atoms with E-state index in [4.69, 9.17) is 0 Å². The van der Waals surface area contributed by atoms with E-state index in [1.54, 1.807) is 0 Å². The fourth-order valence-electron chi connectivity index (χ4n) is 3.01. The van der Waals surface area contributed by atoms with Gasteiger partial charge in [0.15, 0.2) is 11.6 Å². The predicted octanol–water partition coefficient (Wildman–Crippen LogP) is 3.61. The lowest BCUT2D eigenvalue weighted by atomic mass is 10.00. The first-order chi connectivity index (χ1) is 12.8. The summed E-state index contributed by atoms with van der Waals surface area (Å²) in [6, 6.07) is 11.0. The lowest BCUT2D eigenvalue weighted by Crippen LogP contribution is -2.56. The first kappa shape index (κ1) is 19.2. The van der Waals surface area contributed by atoms with Crippen molar-refractivity contribution in [1.29, 1.82) is 0 Å². The van der Waals surface area contributed by atoms with E-state index < -0.39 is 23.6 Å². The Morgan fingerprint density at radius 2 is 1.74 bits per heavy atom. The number of rotatable bonds is 3. The van der Waals surface area contributed by atoms with Crippen molar-refractivity contribution in [3.05, 3.63) is 75.4 Å². The van der Waals surface area contributed by atoms with Gasteiger partial charge in [-0.25, -0.2) is 8.78 Å². The molecule has 2 aromatic carbocycles. The maximum Gasteiger partial charge on any atom is 0.271 e. The van der Waals surface area contributed by atoms with Gasteiger partial charge in [-0.2, -0.15) is 0 Å². The minimum Gasteiger partial charge on any atom is -0.328 e. The third kappa shape index (κ3) is 3.64. The molecule has 7 heteroatoms. The van der Waals surface area contributed by atoms with Gasteiger partial charge in [0.25, 0.3) is 5.91 Å². The number of amides is 2. The van der Waals surface area contributed by atoms with Crippen molar-refractivity contribution in [2.45, 2.75) is 12.5 Å². The summed E-state index contributed by atoms with van der Waals surface area (Å²) in [6.45, 7) is 0. The summed E-state index contributed by atoms with van der Waals surface area (Å²) >= 11 is 3.15. The average Bonchev–Trinajstić information content (AvgIpc) is 2.67. The summed E-state index contributed by atoms with van der Waals surface area (Å²) in [4.78, 5) is 28.2. The molecule has 1 saturated heterocycles. The molecule has 1 aliphatic rings. The molecule has 4 nitrogen and oxygen atoms in total. The molecule has 0 aliphatic carbocycles. The van der Waals surface area contributed by atoms with Crippen molar-refractivity contribution in [3.63, 3.8) is 0 Å². The fraction of sp³-hybridized carbons (Fsp3) is 0.200. The molecule has 0 radical (unpaired) electrons. The maximum absolute atomic E-state index is 14.2. The first-order valence-corrected chi connectivity index (χ1v) is 9.04. The number of halogens is 3. The predicted molar refractivity (Wildman–Crippen MR) is 102 cm³/mol. The molecule has 0 bridgehead atoms. The van der Waals surface area contributed by atoms with Crippen molar-refractivity contribution in [2.24, 2.45) is 0 Å². The molecule has 1 atom stereocenters. The van der Waals surface area contributed by atoms with Gasteiger partial charge in [0.1, 0.15) is 11.7 Å². The molecule has 0 aromatic heterocycles. The molecule has 140 valence electrons. The van der Waals surface area contributed by atoms with E-state index in [2.05, 4.69) is 15.9 Å². The van der Waals surface area contributed by atoms with Crippen LogP contribution >= 0.6 is 15.9 Å². The topological polar surface area (TPSA) is 40.6 Å². The number of piperazine rings is 1. The summed E-state index contributed by atoms with van der Waals surface area (Å²) in [6.07, 6.45) is 1.57. The fourth-order valence-corrected chi connectivity index (χ4v) is 3.43. The van der Waals surface area contributed by atoms with Crippen LogP contribution in [0.3, 0.4) is 0 Å². The summed E-state index contributed by atoms with van der Waals surface area (Å²) < 4.78 is 28.0. The largest absolute Gasteiger partial charge is 0.328 e. The first-order valence-electron chi connectivity index (χ1n) is 8.25.